The van der Waals surface area contributed by atoms with Crippen molar-refractivity contribution in [3.63, 3.8) is 0 Å². The molecule has 25 heavy (non-hydrogen) atoms. The number of benzene rings is 2. The van der Waals surface area contributed by atoms with Gasteiger partial charge in [-0.15, -0.1) is 0 Å². The van der Waals surface area contributed by atoms with Gasteiger partial charge in [0.05, 0.1) is 5.56 Å². The first kappa shape index (κ1) is 18.3. The molecular weight excluding hydrogens is 337 g/mol. The highest BCUT2D eigenvalue weighted by Gasteiger charge is 2.30. The number of anilines is 1. The summed E-state index contributed by atoms with van der Waals surface area (Å²) in [5, 5.41) is 2.37. The topological polar surface area (TPSA) is 81.4 Å². The van der Waals surface area contributed by atoms with Gasteiger partial charge in [0.15, 0.2) is 6.10 Å². The van der Waals surface area contributed by atoms with Crippen LogP contribution in [0.3, 0.4) is 0 Å². The molecule has 2 amide bonds. The maximum Gasteiger partial charge on any atom is 0.416 e. The number of alkyl halides is 3. The van der Waals surface area contributed by atoms with Crippen LogP contribution >= 0.6 is 0 Å². The average molecular weight is 352 g/mol. The van der Waals surface area contributed by atoms with Crippen LogP contribution in [0, 0.1) is 0 Å². The van der Waals surface area contributed by atoms with Gasteiger partial charge in [-0.3, -0.25) is 9.59 Å². The molecule has 0 bridgehead atoms. The lowest BCUT2D eigenvalue weighted by atomic mass is 10.2. The van der Waals surface area contributed by atoms with Gasteiger partial charge in [-0.25, -0.2) is 0 Å². The largest absolute Gasteiger partial charge is 0.481 e. The van der Waals surface area contributed by atoms with E-state index in [2.05, 4.69) is 5.32 Å². The van der Waals surface area contributed by atoms with E-state index in [0.717, 1.165) is 12.1 Å². The highest BCUT2D eigenvalue weighted by atomic mass is 19.4. The third kappa shape index (κ3) is 4.97. The first-order chi connectivity index (χ1) is 11.7. The van der Waals surface area contributed by atoms with Crippen molar-refractivity contribution < 1.29 is 27.5 Å². The molecular formula is C17H15F3N2O3. The normalized spacial score (nSPS) is 12.3. The summed E-state index contributed by atoms with van der Waals surface area (Å²) >= 11 is 0. The van der Waals surface area contributed by atoms with Gasteiger partial charge < -0.3 is 15.8 Å². The van der Waals surface area contributed by atoms with Crippen molar-refractivity contribution in [2.45, 2.75) is 19.2 Å². The van der Waals surface area contributed by atoms with E-state index >= 15 is 0 Å². The lowest BCUT2D eigenvalue weighted by Crippen LogP contribution is -2.30. The van der Waals surface area contributed by atoms with Crippen molar-refractivity contribution in [1.29, 1.82) is 0 Å². The summed E-state index contributed by atoms with van der Waals surface area (Å²) in [5.41, 5.74) is 4.56. The van der Waals surface area contributed by atoms with Gasteiger partial charge in [-0.1, -0.05) is 6.07 Å². The molecule has 0 fully saturated rings. The van der Waals surface area contributed by atoms with Crippen LogP contribution in [-0.4, -0.2) is 17.9 Å². The quantitative estimate of drug-likeness (QED) is 0.867. The van der Waals surface area contributed by atoms with Crippen LogP contribution in [-0.2, 0) is 11.0 Å². The zero-order valence-corrected chi connectivity index (χ0v) is 13.1. The molecule has 132 valence electrons. The molecule has 0 spiro atoms. The predicted octanol–water partition coefficient (Wildman–Crippen LogP) is 3.21. The molecule has 0 unspecified atom stereocenters. The summed E-state index contributed by atoms with van der Waals surface area (Å²) in [5.74, 6) is -0.892. The van der Waals surface area contributed by atoms with Crippen LogP contribution < -0.4 is 15.8 Å². The number of nitrogens with one attached hydrogen (secondary N) is 1. The molecule has 0 aliphatic carbocycles. The second kappa shape index (κ2) is 7.25. The number of primary amides is 1. The summed E-state index contributed by atoms with van der Waals surface area (Å²) in [6.45, 7) is 1.45. The number of amides is 2. The van der Waals surface area contributed by atoms with E-state index in [4.69, 9.17) is 10.5 Å². The number of ether oxygens (including phenoxy) is 1. The van der Waals surface area contributed by atoms with Crippen molar-refractivity contribution in [2.24, 2.45) is 5.73 Å². The Labute approximate surface area is 141 Å². The van der Waals surface area contributed by atoms with E-state index in [1.54, 1.807) is 0 Å². The molecule has 0 aliphatic heterocycles. The minimum absolute atomic E-state index is 0.0133. The van der Waals surface area contributed by atoms with Crippen LogP contribution in [0.2, 0.25) is 0 Å². The number of hydrogen-bond acceptors (Lipinski definition) is 3. The maximum atomic E-state index is 12.7. The first-order valence-electron chi connectivity index (χ1n) is 7.21. The summed E-state index contributed by atoms with van der Waals surface area (Å²) in [7, 11) is 0. The van der Waals surface area contributed by atoms with E-state index in [9.17, 15) is 22.8 Å². The van der Waals surface area contributed by atoms with Crippen molar-refractivity contribution in [2.75, 3.05) is 5.32 Å². The molecule has 2 rings (SSSR count). The highest BCUT2D eigenvalue weighted by molar-refractivity contribution is 5.94. The van der Waals surface area contributed by atoms with Gasteiger partial charge in [-0.05, 0) is 49.4 Å². The monoisotopic (exact) mass is 352 g/mol. The van der Waals surface area contributed by atoms with Gasteiger partial charge in [-0.2, -0.15) is 13.2 Å². The minimum Gasteiger partial charge on any atom is -0.481 e. The number of carbonyl (C=O) groups is 2. The predicted molar refractivity (Wildman–Crippen MR) is 85.1 cm³/mol. The summed E-state index contributed by atoms with van der Waals surface area (Å²) in [4.78, 5) is 23.0. The van der Waals surface area contributed by atoms with Gasteiger partial charge in [0.25, 0.3) is 5.91 Å². The summed E-state index contributed by atoms with van der Waals surface area (Å²) in [6, 6.07) is 10.1. The fourth-order valence-corrected chi connectivity index (χ4v) is 1.97. The van der Waals surface area contributed by atoms with Gasteiger partial charge in [0.2, 0.25) is 5.91 Å². The molecule has 8 heteroatoms. The zero-order valence-electron chi connectivity index (χ0n) is 13.1. The molecule has 2 aromatic carbocycles. The SMILES string of the molecule is C[C@H](Oc1ccc(C(N)=O)cc1)C(=O)Nc1cccc(C(F)(F)F)c1. The standard InChI is InChI=1S/C17H15F3N2O3/c1-10(25-14-7-5-11(6-8-14)15(21)23)16(24)22-13-4-2-3-12(9-13)17(18,19)20/h2-10H,1H3,(H2,21,23)(H,22,24)/t10-/m0/s1. The molecule has 0 saturated heterocycles. The third-order valence-electron chi connectivity index (χ3n) is 3.28. The Kier molecular flexibility index (Phi) is 5.31. The molecule has 5 nitrogen and oxygen atoms in total. The van der Waals surface area contributed by atoms with Gasteiger partial charge in [0.1, 0.15) is 5.75 Å². The van der Waals surface area contributed by atoms with Crippen molar-refractivity contribution in [3.05, 3.63) is 59.7 Å². The van der Waals surface area contributed by atoms with Crippen molar-refractivity contribution in [1.82, 2.24) is 0 Å². The second-order valence-corrected chi connectivity index (χ2v) is 5.22. The fourth-order valence-electron chi connectivity index (χ4n) is 1.97. The van der Waals surface area contributed by atoms with Crippen LogP contribution in [0.1, 0.15) is 22.8 Å². The third-order valence-corrected chi connectivity index (χ3v) is 3.28. The van der Waals surface area contributed by atoms with Gasteiger partial charge in [0, 0.05) is 11.3 Å². The zero-order chi connectivity index (χ0) is 18.6. The van der Waals surface area contributed by atoms with Crippen molar-refractivity contribution >= 4 is 17.5 Å². The number of nitrogens with two attached hydrogens (primary N) is 1. The molecule has 0 aliphatic rings. The maximum absolute atomic E-state index is 12.7. The summed E-state index contributed by atoms with van der Waals surface area (Å²) < 4.78 is 43.4. The average Bonchev–Trinajstić information content (AvgIpc) is 2.54. The smallest absolute Gasteiger partial charge is 0.416 e. The molecule has 0 aromatic heterocycles. The minimum atomic E-state index is -4.50. The Morgan fingerprint density at radius 3 is 2.32 bits per heavy atom. The fraction of sp³-hybridized carbons (Fsp3) is 0.176. The Morgan fingerprint density at radius 1 is 1.12 bits per heavy atom. The van der Waals surface area contributed by atoms with E-state index in [1.165, 1.54) is 43.3 Å². The Hall–Kier alpha value is -3.03. The first-order valence-corrected chi connectivity index (χ1v) is 7.21. The molecule has 0 heterocycles. The van der Waals surface area contributed by atoms with Crippen LogP contribution in [0.5, 0.6) is 5.75 Å². The van der Waals surface area contributed by atoms with E-state index in [0.29, 0.717) is 5.75 Å². The van der Waals surface area contributed by atoms with Crippen molar-refractivity contribution in [3.8, 4) is 5.75 Å². The lowest BCUT2D eigenvalue weighted by Gasteiger charge is -2.15. The Morgan fingerprint density at radius 2 is 1.76 bits per heavy atom. The lowest BCUT2D eigenvalue weighted by molar-refractivity contribution is -0.137. The number of halogens is 3. The number of hydrogen-bond donors (Lipinski definition) is 2. The molecule has 1 atom stereocenters. The van der Waals surface area contributed by atoms with Gasteiger partial charge >= 0.3 is 6.18 Å². The van der Waals surface area contributed by atoms with Crippen LogP contribution in [0.15, 0.2) is 48.5 Å². The van der Waals surface area contributed by atoms with E-state index in [1.807, 2.05) is 0 Å². The second-order valence-electron chi connectivity index (χ2n) is 5.22. The molecule has 0 saturated carbocycles. The molecule has 3 N–H and O–H groups in total. The van der Waals surface area contributed by atoms with E-state index < -0.39 is 29.7 Å². The summed E-state index contributed by atoms with van der Waals surface area (Å²) in [6.07, 6.45) is -5.46. The Balaban J connectivity index is 2.02. The molecule has 0 radical (unpaired) electrons. The number of rotatable bonds is 5. The van der Waals surface area contributed by atoms with Crippen LogP contribution in [0.4, 0.5) is 18.9 Å². The van der Waals surface area contributed by atoms with E-state index in [-0.39, 0.29) is 11.3 Å². The number of carbonyl (C=O) groups excluding carboxylic acids is 2. The van der Waals surface area contributed by atoms with Crippen LogP contribution in [0.25, 0.3) is 0 Å². The Bertz CT molecular complexity index is 773. The highest BCUT2D eigenvalue weighted by Crippen LogP contribution is 2.30. The molecule has 2 aromatic rings.